The van der Waals surface area contributed by atoms with E-state index in [0.29, 0.717) is 30.3 Å². The maximum absolute atomic E-state index is 13.2. The smallest absolute Gasteiger partial charge is 0.225 e. The number of likely N-dealkylation sites (tertiary alicyclic amines) is 1. The summed E-state index contributed by atoms with van der Waals surface area (Å²) < 4.78 is 13.2. The molecule has 1 aliphatic carbocycles. The van der Waals surface area contributed by atoms with Crippen molar-refractivity contribution in [1.29, 1.82) is 0 Å². The number of halogens is 1. The molecule has 114 valence electrons. The van der Waals surface area contributed by atoms with Crippen LogP contribution in [0.3, 0.4) is 0 Å². The predicted octanol–water partition coefficient (Wildman–Crippen LogP) is 2.56. The molecule has 1 saturated carbocycles. The fourth-order valence-corrected chi connectivity index (χ4v) is 3.13. The molecule has 0 radical (unpaired) electrons. The summed E-state index contributed by atoms with van der Waals surface area (Å²) in [6.07, 6.45) is 3.13. The molecule has 21 heavy (non-hydrogen) atoms. The van der Waals surface area contributed by atoms with Crippen molar-refractivity contribution in [3.05, 3.63) is 35.6 Å². The van der Waals surface area contributed by atoms with Crippen molar-refractivity contribution in [2.45, 2.75) is 38.8 Å². The van der Waals surface area contributed by atoms with Gasteiger partial charge in [-0.25, -0.2) is 4.39 Å². The maximum atomic E-state index is 13.2. The molecule has 1 aliphatic heterocycles. The van der Waals surface area contributed by atoms with Crippen molar-refractivity contribution in [2.24, 2.45) is 11.8 Å². The average Bonchev–Trinajstić information content (AvgIpc) is 3.30. The standard InChI is InChI=1S/C17H23FN2O/c1-12-11-20(17(21)14-5-6-14)8-7-16(12)19-10-13-3-2-4-15(18)9-13/h2-4,9,12,14,16,19H,5-8,10-11H2,1H3/t12-,16+/m0/s1. The maximum Gasteiger partial charge on any atom is 0.225 e. The van der Waals surface area contributed by atoms with Crippen LogP contribution < -0.4 is 5.32 Å². The van der Waals surface area contributed by atoms with E-state index in [2.05, 4.69) is 12.2 Å². The first kappa shape index (κ1) is 14.5. The van der Waals surface area contributed by atoms with E-state index >= 15 is 0 Å². The summed E-state index contributed by atoms with van der Waals surface area (Å²) >= 11 is 0. The van der Waals surface area contributed by atoms with Crippen molar-refractivity contribution in [1.82, 2.24) is 10.2 Å². The molecule has 2 aliphatic rings. The van der Waals surface area contributed by atoms with E-state index < -0.39 is 0 Å². The fraction of sp³-hybridized carbons (Fsp3) is 0.588. The second kappa shape index (κ2) is 6.14. The number of nitrogens with zero attached hydrogens (tertiary/aromatic N) is 1. The van der Waals surface area contributed by atoms with E-state index in [-0.39, 0.29) is 5.82 Å². The molecule has 0 unspecified atom stereocenters. The molecule has 1 heterocycles. The molecule has 0 aromatic heterocycles. The van der Waals surface area contributed by atoms with Gasteiger partial charge in [0.25, 0.3) is 0 Å². The van der Waals surface area contributed by atoms with Gasteiger partial charge in [-0.2, -0.15) is 0 Å². The van der Waals surface area contributed by atoms with Gasteiger partial charge in [-0.15, -0.1) is 0 Å². The van der Waals surface area contributed by atoms with Crippen LogP contribution >= 0.6 is 0 Å². The van der Waals surface area contributed by atoms with Crippen molar-refractivity contribution in [3.63, 3.8) is 0 Å². The Labute approximate surface area is 125 Å². The van der Waals surface area contributed by atoms with E-state index in [4.69, 9.17) is 0 Å². The molecule has 0 bridgehead atoms. The Morgan fingerprint density at radius 2 is 2.19 bits per heavy atom. The molecule has 4 heteroatoms. The minimum atomic E-state index is -0.188. The zero-order valence-electron chi connectivity index (χ0n) is 12.5. The number of rotatable bonds is 4. The number of amides is 1. The Hall–Kier alpha value is -1.42. The number of carbonyl (C=O) groups excluding carboxylic acids is 1. The number of piperidine rings is 1. The van der Waals surface area contributed by atoms with Crippen molar-refractivity contribution >= 4 is 5.91 Å². The molecular formula is C17H23FN2O. The highest BCUT2D eigenvalue weighted by Gasteiger charge is 2.36. The SMILES string of the molecule is C[C@H]1CN(C(=O)C2CC2)CC[C@H]1NCc1cccc(F)c1. The first-order valence-electron chi connectivity index (χ1n) is 7.90. The van der Waals surface area contributed by atoms with Gasteiger partial charge in [0.2, 0.25) is 5.91 Å². The summed E-state index contributed by atoms with van der Waals surface area (Å²) in [6.45, 7) is 4.57. The van der Waals surface area contributed by atoms with E-state index in [1.807, 2.05) is 11.0 Å². The second-order valence-electron chi connectivity index (χ2n) is 6.44. The average molecular weight is 290 g/mol. The Balaban J connectivity index is 1.50. The molecule has 1 saturated heterocycles. The highest BCUT2D eigenvalue weighted by molar-refractivity contribution is 5.81. The van der Waals surface area contributed by atoms with Gasteiger partial charge in [0.05, 0.1) is 0 Å². The second-order valence-corrected chi connectivity index (χ2v) is 6.44. The number of carbonyl (C=O) groups is 1. The number of hydrogen-bond donors (Lipinski definition) is 1. The highest BCUT2D eigenvalue weighted by Crippen LogP contribution is 2.32. The van der Waals surface area contributed by atoms with Crippen molar-refractivity contribution in [3.8, 4) is 0 Å². The largest absolute Gasteiger partial charge is 0.342 e. The summed E-state index contributed by atoms with van der Waals surface area (Å²) in [5.74, 6) is 0.918. The van der Waals surface area contributed by atoms with E-state index in [1.165, 1.54) is 6.07 Å². The molecular weight excluding hydrogens is 267 g/mol. The summed E-state index contributed by atoms with van der Waals surface area (Å²) in [5, 5.41) is 3.51. The highest BCUT2D eigenvalue weighted by atomic mass is 19.1. The third kappa shape index (κ3) is 3.62. The molecule has 1 aromatic rings. The lowest BCUT2D eigenvalue weighted by Crippen LogP contribution is -2.50. The van der Waals surface area contributed by atoms with Crippen LogP contribution in [0.15, 0.2) is 24.3 Å². The fourth-order valence-electron chi connectivity index (χ4n) is 3.13. The Bertz CT molecular complexity index is 515. The quantitative estimate of drug-likeness (QED) is 0.924. The predicted molar refractivity (Wildman–Crippen MR) is 80.1 cm³/mol. The van der Waals surface area contributed by atoms with Gasteiger partial charge in [-0.05, 0) is 42.9 Å². The first-order chi connectivity index (χ1) is 10.1. The van der Waals surface area contributed by atoms with Gasteiger partial charge in [-0.3, -0.25) is 4.79 Å². The molecule has 3 nitrogen and oxygen atoms in total. The minimum absolute atomic E-state index is 0.188. The Morgan fingerprint density at radius 1 is 1.38 bits per heavy atom. The summed E-state index contributed by atoms with van der Waals surface area (Å²) in [5.41, 5.74) is 0.971. The van der Waals surface area contributed by atoms with Gasteiger partial charge in [-0.1, -0.05) is 19.1 Å². The molecule has 1 aromatic carbocycles. The summed E-state index contributed by atoms with van der Waals surface area (Å²) in [7, 11) is 0. The van der Waals surface area contributed by atoms with Crippen LogP contribution in [0.4, 0.5) is 4.39 Å². The summed E-state index contributed by atoms with van der Waals surface area (Å²) in [4.78, 5) is 14.1. The Kier molecular flexibility index (Phi) is 4.24. The lowest BCUT2D eigenvalue weighted by molar-refractivity contribution is -0.134. The van der Waals surface area contributed by atoms with E-state index in [9.17, 15) is 9.18 Å². The van der Waals surface area contributed by atoms with E-state index in [0.717, 1.165) is 37.9 Å². The van der Waals surface area contributed by atoms with Crippen molar-refractivity contribution < 1.29 is 9.18 Å². The van der Waals surface area contributed by atoms with Crippen LogP contribution in [0.5, 0.6) is 0 Å². The molecule has 2 atom stereocenters. The third-order valence-electron chi connectivity index (χ3n) is 4.60. The van der Waals surface area contributed by atoms with Gasteiger partial charge in [0.15, 0.2) is 0 Å². The van der Waals surface area contributed by atoms with Crippen LogP contribution in [-0.4, -0.2) is 29.9 Å². The molecule has 1 amide bonds. The van der Waals surface area contributed by atoms with Crippen LogP contribution in [0, 0.1) is 17.7 Å². The lowest BCUT2D eigenvalue weighted by atomic mass is 9.93. The number of nitrogens with one attached hydrogen (secondary N) is 1. The van der Waals surface area contributed by atoms with Crippen LogP contribution in [0.25, 0.3) is 0 Å². The lowest BCUT2D eigenvalue weighted by Gasteiger charge is -2.37. The minimum Gasteiger partial charge on any atom is -0.342 e. The number of hydrogen-bond acceptors (Lipinski definition) is 2. The normalized spacial score (nSPS) is 25.9. The third-order valence-corrected chi connectivity index (χ3v) is 4.60. The molecule has 3 rings (SSSR count). The zero-order chi connectivity index (χ0) is 14.8. The monoisotopic (exact) mass is 290 g/mol. The zero-order valence-corrected chi connectivity index (χ0v) is 12.5. The molecule has 1 N–H and O–H groups in total. The van der Waals surface area contributed by atoms with Crippen LogP contribution in [0.1, 0.15) is 31.7 Å². The van der Waals surface area contributed by atoms with Crippen molar-refractivity contribution in [2.75, 3.05) is 13.1 Å². The van der Waals surface area contributed by atoms with E-state index in [1.54, 1.807) is 12.1 Å². The van der Waals surface area contributed by atoms with Gasteiger partial charge in [0.1, 0.15) is 5.82 Å². The van der Waals surface area contributed by atoms with Gasteiger partial charge in [0, 0.05) is 31.6 Å². The topological polar surface area (TPSA) is 32.3 Å². The van der Waals surface area contributed by atoms with Crippen LogP contribution in [-0.2, 0) is 11.3 Å². The first-order valence-corrected chi connectivity index (χ1v) is 7.90. The Morgan fingerprint density at radius 3 is 2.86 bits per heavy atom. The van der Waals surface area contributed by atoms with Gasteiger partial charge < -0.3 is 10.2 Å². The molecule has 0 spiro atoms. The number of benzene rings is 1. The van der Waals surface area contributed by atoms with Gasteiger partial charge >= 0.3 is 0 Å². The van der Waals surface area contributed by atoms with Crippen LogP contribution in [0.2, 0.25) is 0 Å². The summed E-state index contributed by atoms with van der Waals surface area (Å²) in [6, 6.07) is 7.12. The molecule has 2 fully saturated rings.